The van der Waals surface area contributed by atoms with E-state index in [1.807, 2.05) is 0 Å². The van der Waals surface area contributed by atoms with Gasteiger partial charge in [-0.15, -0.1) is 0 Å². The van der Waals surface area contributed by atoms with Gasteiger partial charge in [0.2, 0.25) is 11.8 Å². The van der Waals surface area contributed by atoms with Crippen molar-refractivity contribution in [1.82, 2.24) is 10.2 Å². The largest absolute Gasteiger partial charge is 0.345 e. The molecule has 72 valence electrons. The van der Waals surface area contributed by atoms with Crippen LogP contribution in [0.4, 0.5) is 0 Å². The van der Waals surface area contributed by atoms with Crippen LogP contribution in [-0.2, 0) is 9.59 Å². The maximum absolute atomic E-state index is 11.0. The van der Waals surface area contributed by atoms with E-state index in [1.165, 1.54) is 17.2 Å². The minimum atomic E-state index is -0.289. The number of nitrogens with one attached hydrogen (secondary N) is 1. The summed E-state index contributed by atoms with van der Waals surface area (Å²) in [7, 11) is 3.26. The van der Waals surface area contributed by atoms with Crippen molar-refractivity contribution >= 4 is 11.8 Å². The number of hydrogen-bond acceptors (Lipinski definition) is 2. The highest BCUT2D eigenvalue weighted by atomic mass is 16.2. The molecule has 0 aromatic carbocycles. The van der Waals surface area contributed by atoms with Crippen molar-refractivity contribution in [2.45, 2.75) is 6.92 Å². The Morgan fingerprint density at radius 3 is 2.31 bits per heavy atom. The molecule has 0 saturated heterocycles. The summed E-state index contributed by atoms with van der Waals surface area (Å²) in [6, 6.07) is 0. The zero-order valence-corrected chi connectivity index (χ0v) is 8.13. The van der Waals surface area contributed by atoms with Crippen LogP contribution in [-0.4, -0.2) is 30.8 Å². The molecule has 0 saturated carbocycles. The Labute approximate surface area is 77.9 Å². The third-order valence-corrected chi connectivity index (χ3v) is 1.27. The molecule has 0 spiro atoms. The van der Waals surface area contributed by atoms with Gasteiger partial charge in [-0.2, -0.15) is 0 Å². The maximum atomic E-state index is 11.0. The average Bonchev–Trinajstić information content (AvgIpc) is 2.03. The molecule has 0 unspecified atom stereocenters. The van der Waals surface area contributed by atoms with Crippen LogP contribution in [0.3, 0.4) is 0 Å². The topological polar surface area (TPSA) is 49.4 Å². The first-order valence-corrected chi connectivity index (χ1v) is 3.79. The van der Waals surface area contributed by atoms with Gasteiger partial charge in [-0.1, -0.05) is 6.58 Å². The molecule has 0 atom stereocenters. The molecule has 0 aromatic heterocycles. The summed E-state index contributed by atoms with van der Waals surface area (Å²) in [6.07, 6.45) is 2.58. The Kier molecular flexibility index (Phi) is 4.51. The van der Waals surface area contributed by atoms with Crippen LogP contribution in [0.15, 0.2) is 24.4 Å². The number of rotatable bonds is 3. The Bertz CT molecular complexity index is 254. The SMILES string of the molecule is C=C(C)C(=O)N/C=C/C(=O)N(C)C. The molecule has 0 heterocycles. The van der Waals surface area contributed by atoms with E-state index in [1.54, 1.807) is 21.0 Å². The predicted octanol–water partition coefficient (Wildman–Crippen LogP) is 0.281. The Hall–Kier alpha value is -1.58. The van der Waals surface area contributed by atoms with Gasteiger partial charge < -0.3 is 10.2 Å². The Balaban J connectivity index is 3.96. The van der Waals surface area contributed by atoms with Crippen molar-refractivity contribution in [3.8, 4) is 0 Å². The van der Waals surface area contributed by atoms with Crippen LogP contribution in [0.1, 0.15) is 6.92 Å². The summed E-state index contributed by atoms with van der Waals surface area (Å²) in [4.78, 5) is 23.3. The zero-order chi connectivity index (χ0) is 10.4. The van der Waals surface area contributed by atoms with Gasteiger partial charge in [0.1, 0.15) is 0 Å². The van der Waals surface area contributed by atoms with E-state index in [-0.39, 0.29) is 11.8 Å². The lowest BCUT2D eigenvalue weighted by Gasteiger charge is -2.05. The highest BCUT2D eigenvalue weighted by Crippen LogP contribution is 1.85. The van der Waals surface area contributed by atoms with E-state index in [4.69, 9.17) is 0 Å². The number of amides is 2. The monoisotopic (exact) mass is 182 g/mol. The van der Waals surface area contributed by atoms with Crippen LogP contribution in [0.2, 0.25) is 0 Å². The molecule has 4 nitrogen and oxygen atoms in total. The molecular weight excluding hydrogens is 168 g/mol. The second-order valence-electron chi connectivity index (χ2n) is 2.82. The van der Waals surface area contributed by atoms with Crippen molar-refractivity contribution in [3.63, 3.8) is 0 Å². The minimum Gasteiger partial charge on any atom is -0.345 e. The molecule has 0 bridgehead atoms. The first-order valence-electron chi connectivity index (χ1n) is 3.79. The van der Waals surface area contributed by atoms with Crippen molar-refractivity contribution in [3.05, 3.63) is 24.4 Å². The molecule has 0 rings (SSSR count). The van der Waals surface area contributed by atoms with E-state index in [2.05, 4.69) is 11.9 Å². The lowest BCUT2D eigenvalue weighted by atomic mass is 10.3. The third-order valence-electron chi connectivity index (χ3n) is 1.27. The van der Waals surface area contributed by atoms with Gasteiger partial charge in [-0.05, 0) is 6.92 Å². The normalized spacial score (nSPS) is 9.77. The molecule has 0 fully saturated rings. The maximum Gasteiger partial charge on any atom is 0.250 e. The fourth-order valence-electron chi connectivity index (χ4n) is 0.461. The van der Waals surface area contributed by atoms with Crippen molar-refractivity contribution in [2.24, 2.45) is 0 Å². The lowest BCUT2D eigenvalue weighted by molar-refractivity contribution is -0.123. The van der Waals surface area contributed by atoms with Gasteiger partial charge in [-0.3, -0.25) is 9.59 Å². The fraction of sp³-hybridized carbons (Fsp3) is 0.333. The summed E-state index contributed by atoms with van der Waals surface area (Å²) in [5.41, 5.74) is 0.405. The highest BCUT2D eigenvalue weighted by molar-refractivity contribution is 5.94. The van der Waals surface area contributed by atoms with Gasteiger partial charge in [0, 0.05) is 31.9 Å². The standard InChI is InChI=1S/C9H14N2O2/c1-7(2)9(13)10-6-5-8(12)11(3)4/h5-6H,1H2,2-4H3,(H,10,13)/b6-5+. The number of hydrogen-bond donors (Lipinski definition) is 1. The van der Waals surface area contributed by atoms with Crippen LogP contribution < -0.4 is 5.32 Å². The van der Waals surface area contributed by atoms with Gasteiger partial charge in [0.25, 0.3) is 0 Å². The van der Waals surface area contributed by atoms with Crippen molar-refractivity contribution in [1.29, 1.82) is 0 Å². The summed E-state index contributed by atoms with van der Waals surface area (Å²) in [6.45, 7) is 5.04. The second-order valence-corrected chi connectivity index (χ2v) is 2.82. The van der Waals surface area contributed by atoms with Crippen molar-refractivity contribution < 1.29 is 9.59 Å². The summed E-state index contributed by atoms with van der Waals surface area (Å²) in [5.74, 6) is -0.468. The van der Waals surface area contributed by atoms with Crippen LogP contribution >= 0.6 is 0 Å². The molecule has 0 aliphatic carbocycles. The van der Waals surface area contributed by atoms with E-state index < -0.39 is 0 Å². The van der Waals surface area contributed by atoms with Gasteiger partial charge >= 0.3 is 0 Å². The highest BCUT2D eigenvalue weighted by Gasteiger charge is 1.99. The molecule has 13 heavy (non-hydrogen) atoms. The minimum absolute atomic E-state index is 0.179. The number of likely N-dealkylation sites (N-methyl/N-ethyl adjacent to an activating group) is 1. The van der Waals surface area contributed by atoms with Crippen LogP contribution in [0.5, 0.6) is 0 Å². The van der Waals surface area contributed by atoms with Crippen molar-refractivity contribution in [2.75, 3.05) is 14.1 Å². The number of nitrogens with zero attached hydrogens (tertiary/aromatic N) is 1. The smallest absolute Gasteiger partial charge is 0.250 e. The molecule has 0 aliphatic rings. The summed E-state index contributed by atoms with van der Waals surface area (Å²) >= 11 is 0. The Morgan fingerprint density at radius 1 is 1.38 bits per heavy atom. The quantitative estimate of drug-likeness (QED) is 0.637. The summed E-state index contributed by atoms with van der Waals surface area (Å²) < 4.78 is 0. The van der Waals surface area contributed by atoms with Gasteiger partial charge in [0.15, 0.2) is 0 Å². The molecule has 2 amide bonds. The summed E-state index contributed by atoms with van der Waals surface area (Å²) in [5, 5.41) is 2.40. The van der Waals surface area contributed by atoms with E-state index in [9.17, 15) is 9.59 Å². The molecule has 1 N–H and O–H groups in total. The molecular formula is C9H14N2O2. The number of carbonyl (C=O) groups is 2. The third kappa shape index (κ3) is 4.79. The van der Waals surface area contributed by atoms with E-state index in [0.717, 1.165) is 0 Å². The second kappa shape index (κ2) is 5.13. The molecule has 0 radical (unpaired) electrons. The van der Waals surface area contributed by atoms with E-state index >= 15 is 0 Å². The van der Waals surface area contributed by atoms with Crippen LogP contribution in [0, 0.1) is 0 Å². The van der Waals surface area contributed by atoms with Gasteiger partial charge in [-0.25, -0.2) is 0 Å². The zero-order valence-electron chi connectivity index (χ0n) is 8.13. The molecule has 0 aliphatic heterocycles. The molecule has 4 heteroatoms. The Morgan fingerprint density at radius 2 is 1.92 bits per heavy atom. The lowest BCUT2D eigenvalue weighted by Crippen LogP contribution is -2.22. The predicted molar refractivity (Wildman–Crippen MR) is 50.8 cm³/mol. The first kappa shape index (κ1) is 11.4. The number of carbonyl (C=O) groups excluding carboxylic acids is 2. The average molecular weight is 182 g/mol. The van der Waals surface area contributed by atoms with E-state index in [0.29, 0.717) is 5.57 Å². The first-order chi connectivity index (χ1) is 5.95. The fourth-order valence-corrected chi connectivity index (χ4v) is 0.461. The molecule has 0 aromatic rings. The van der Waals surface area contributed by atoms with Crippen LogP contribution in [0.25, 0.3) is 0 Å². The van der Waals surface area contributed by atoms with Gasteiger partial charge in [0.05, 0.1) is 0 Å².